The lowest BCUT2D eigenvalue weighted by atomic mass is 10.1. The molecule has 1 fully saturated rings. The van der Waals surface area contributed by atoms with Crippen molar-refractivity contribution < 1.29 is 13.2 Å². The van der Waals surface area contributed by atoms with Crippen LogP contribution in [0.5, 0.6) is 5.75 Å². The van der Waals surface area contributed by atoms with Crippen LogP contribution in [0, 0.1) is 0 Å². The Morgan fingerprint density at radius 2 is 1.89 bits per heavy atom. The molecule has 5 nitrogen and oxygen atoms in total. The van der Waals surface area contributed by atoms with E-state index >= 15 is 0 Å². The average molecular weight is 270 g/mol. The molecular weight excluding hydrogens is 252 g/mol. The highest BCUT2D eigenvalue weighted by Gasteiger charge is 2.67. The third-order valence-corrected chi connectivity index (χ3v) is 5.23. The van der Waals surface area contributed by atoms with Crippen LogP contribution in [-0.2, 0) is 9.84 Å². The Morgan fingerprint density at radius 1 is 1.33 bits per heavy atom. The van der Waals surface area contributed by atoms with Gasteiger partial charge in [-0.3, -0.25) is 0 Å². The largest absolute Gasteiger partial charge is 0.497 e. The van der Waals surface area contributed by atoms with E-state index in [4.69, 9.17) is 16.2 Å². The van der Waals surface area contributed by atoms with Gasteiger partial charge < -0.3 is 16.2 Å². The summed E-state index contributed by atoms with van der Waals surface area (Å²) in [6.07, 6.45) is 1.21. The molecule has 0 bridgehead atoms. The first-order valence-corrected chi connectivity index (χ1v) is 7.62. The summed E-state index contributed by atoms with van der Waals surface area (Å²) in [4.78, 5) is 0. The van der Waals surface area contributed by atoms with Crippen molar-refractivity contribution in [3.8, 4) is 5.75 Å². The molecule has 1 aliphatic rings. The zero-order valence-corrected chi connectivity index (χ0v) is 11.3. The van der Waals surface area contributed by atoms with Crippen LogP contribution in [0.1, 0.15) is 11.5 Å². The van der Waals surface area contributed by atoms with Crippen molar-refractivity contribution in [2.24, 2.45) is 11.5 Å². The molecule has 4 N–H and O–H groups in total. The fourth-order valence-electron chi connectivity index (χ4n) is 2.61. The molecule has 6 heteroatoms. The number of hydrogen-bond donors (Lipinski definition) is 2. The molecule has 2 rings (SSSR count). The zero-order valence-electron chi connectivity index (χ0n) is 10.5. The highest BCUT2D eigenvalue weighted by molar-refractivity contribution is 7.91. The molecule has 0 heterocycles. The minimum absolute atomic E-state index is 0.154. The molecule has 100 valence electrons. The first kappa shape index (κ1) is 13.3. The Hall–Kier alpha value is -1.11. The van der Waals surface area contributed by atoms with Gasteiger partial charge in [0.05, 0.1) is 17.9 Å². The molecule has 0 radical (unpaired) electrons. The van der Waals surface area contributed by atoms with Gasteiger partial charge in [0.25, 0.3) is 0 Å². The van der Waals surface area contributed by atoms with Crippen molar-refractivity contribution in [1.29, 1.82) is 0 Å². The van der Waals surface area contributed by atoms with Gasteiger partial charge in [-0.1, -0.05) is 12.1 Å². The Bertz CT molecular complexity index is 541. The minimum atomic E-state index is -3.20. The predicted octanol–water partition coefficient (Wildman–Crippen LogP) is -0.138. The van der Waals surface area contributed by atoms with Gasteiger partial charge in [0, 0.05) is 18.7 Å². The first-order valence-electron chi connectivity index (χ1n) is 5.66. The summed E-state index contributed by atoms with van der Waals surface area (Å²) in [5.74, 6) is 0.495. The molecular formula is C12H18N2O3S. The van der Waals surface area contributed by atoms with Crippen molar-refractivity contribution in [1.82, 2.24) is 0 Å². The van der Waals surface area contributed by atoms with E-state index in [0.717, 1.165) is 11.3 Å². The van der Waals surface area contributed by atoms with Gasteiger partial charge in [-0.25, -0.2) is 8.42 Å². The van der Waals surface area contributed by atoms with E-state index in [1.807, 2.05) is 12.1 Å². The summed E-state index contributed by atoms with van der Waals surface area (Å²) in [6, 6.07) is 7.27. The molecule has 0 aromatic heterocycles. The lowest BCUT2D eigenvalue weighted by molar-refractivity contribution is 0.414. The van der Waals surface area contributed by atoms with Gasteiger partial charge in [-0.15, -0.1) is 0 Å². The highest BCUT2D eigenvalue weighted by atomic mass is 32.2. The highest BCUT2D eigenvalue weighted by Crippen LogP contribution is 2.53. The van der Waals surface area contributed by atoms with E-state index in [2.05, 4.69) is 0 Å². The van der Waals surface area contributed by atoms with Gasteiger partial charge in [-0.2, -0.15) is 0 Å². The molecule has 18 heavy (non-hydrogen) atoms. The second-order valence-corrected chi connectivity index (χ2v) is 6.98. The van der Waals surface area contributed by atoms with Crippen LogP contribution in [0.25, 0.3) is 0 Å². The summed E-state index contributed by atoms with van der Waals surface area (Å²) in [5, 5.41) is -0.594. The Kier molecular flexibility index (Phi) is 3.12. The normalized spacial score (nSPS) is 31.1. The van der Waals surface area contributed by atoms with E-state index in [1.165, 1.54) is 6.26 Å². The molecule has 1 aliphatic carbocycles. The predicted molar refractivity (Wildman–Crippen MR) is 70.3 cm³/mol. The van der Waals surface area contributed by atoms with E-state index < -0.39 is 20.6 Å². The summed E-state index contributed by atoms with van der Waals surface area (Å²) in [5.41, 5.74) is 11.8. The molecule has 1 saturated carbocycles. The fraction of sp³-hybridized carbons (Fsp3) is 0.500. The first-order chi connectivity index (χ1) is 8.34. The topological polar surface area (TPSA) is 95.4 Å². The number of hydrogen-bond acceptors (Lipinski definition) is 5. The molecule has 0 amide bonds. The Morgan fingerprint density at radius 3 is 2.22 bits per heavy atom. The second kappa shape index (κ2) is 4.22. The number of methoxy groups -OCH3 is 1. The van der Waals surface area contributed by atoms with Crippen LogP contribution >= 0.6 is 0 Å². The van der Waals surface area contributed by atoms with Crippen LogP contribution in [0.2, 0.25) is 0 Å². The summed E-state index contributed by atoms with van der Waals surface area (Å²) in [6.45, 7) is 0.154. The molecule has 3 atom stereocenters. The molecule has 0 aliphatic heterocycles. The maximum Gasteiger partial charge on any atom is 0.152 e. The van der Waals surface area contributed by atoms with Crippen molar-refractivity contribution in [3.63, 3.8) is 0 Å². The molecule has 1 aromatic carbocycles. The number of rotatable bonds is 4. The lowest BCUT2D eigenvalue weighted by Crippen LogP contribution is -2.38. The van der Waals surface area contributed by atoms with Gasteiger partial charge in [0.2, 0.25) is 0 Å². The summed E-state index contributed by atoms with van der Waals surface area (Å²) >= 11 is 0. The Labute approximate surface area is 107 Å². The molecule has 0 spiro atoms. The van der Waals surface area contributed by atoms with Crippen molar-refractivity contribution in [2.45, 2.75) is 16.7 Å². The third-order valence-electron chi connectivity index (χ3n) is 3.59. The third kappa shape index (κ3) is 2.00. The fourth-order valence-corrected chi connectivity index (χ4v) is 4.47. The van der Waals surface area contributed by atoms with Crippen LogP contribution in [0.15, 0.2) is 24.3 Å². The van der Waals surface area contributed by atoms with E-state index in [-0.39, 0.29) is 12.5 Å². The average Bonchev–Trinajstić information content (AvgIpc) is 2.97. The maximum atomic E-state index is 11.7. The zero-order chi connectivity index (χ0) is 13.6. The lowest BCUT2D eigenvalue weighted by Gasteiger charge is -2.08. The SMILES string of the molecule is COc1ccc([C@H]2[C@H](S(C)(=O)=O)[C@@]2(N)CN)cc1. The van der Waals surface area contributed by atoms with Gasteiger partial charge in [0.1, 0.15) is 5.75 Å². The van der Waals surface area contributed by atoms with E-state index in [9.17, 15) is 8.42 Å². The number of benzene rings is 1. The van der Waals surface area contributed by atoms with Gasteiger partial charge in [-0.05, 0) is 17.7 Å². The van der Waals surface area contributed by atoms with Gasteiger partial charge >= 0.3 is 0 Å². The smallest absolute Gasteiger partial charge is 0.152 e. The van der Waals surface area contributed by atoms with Crippen molar-refractivity contribution >= 4 is 9.84 Å². The maximum absolute atomic E-state index is 11.7. The van der Waals surface area contributed by atoms with Crippen molar-refractivity contribution in [3.05, 3.63) is 29.8 Å². The number of ether oxygens (including phenoxy) is 1. The van der Waals surface area contributed by atoms with Crippen molar-refractivity contribution in [2.75, 3.05) is 19.9 Å². The van der Waals surface area contributed by atoms with Crippen LogP contribution in [0.4, 0.5) is 0 Å². The molecule has 1 aromatic rings. The van der Waals surface area contributed by atoms with Gasteiger partial charge in [0.15, 0.2) is 9.84 Å². The molecule has 0 saturated heterocycles. The monoisotopic (exact) mass is 270 g/mol. The minimum Gasteiger partial charge on any atom is -0.497 e. The standard InChI is InChI=1S/C12H18N2O3S/c1-17-9-5-3-8(4-6-9)10-11(18(2,15)16)12(10,14)7-13/h3-6,10-11H,7,13-14H2,1-2H3/t10-,11-,12+/m0/s1. The quantitative estimate of drug-likeness (QED) is 0.794. The van der Waals surface area contributed by atoms with Crippen LogP contribution < -0.4 is 16.2 Å². The van der Waals surface area contributed by atoms with Crippen LogP contribution in [0.3, 0.4) is 0 Å². The van der Waals surface area contributed by atoms with E-state index in [0.29, 0.717) is 0 Å². The Balaban J connectivity index is 2.33. The molecule has 0 unspecified atom stereocenters. The second-order valence-electron chi connectivity index (χ2n) is 4.82. The number of nitrogens with two attached hydrogens (primary N) is 2. The summed E-state index contributed by atoms with van der Waals surface area (Å²) in [7, 11) is -1.62. The number of sulfone groups is 1. The van der Waals surface area contributed by atoms with Crippen LogP contribution in [-0.4, -0.2) is 39.1 Å². The van der Waals surface area contributed by atoms with E-state index in [1.54, 1.807) is 19.2 Å². The summed E-state index contributed by atoms with van der Waals surface area (Å²) < 4.78 is 28.5.